The fourth-order valence-corrected chi connectivity index (χ4v) is 2.63. The molecule has 0 aliphatic carbocycles. The Morgan fingerprint density at radius 1 is 1.57 bits per heavy atom. The van der Waals surface area contributed by atoms with Crippen molar-refractivity contribution >= 4 is 17.2 Å². The fourth-order valence-electron chi connectivity index (χ4n) is 1.85. The van der Waals surface area contributed by atoms with Crippen molar-refractivity contribution in [1.29, 1.82) is 0 Å². The molecule has 0 aliphatic rings. The molecule has 0 fully saturated rings. The standard InChI is InChI=1S/C15H17N3O2S/c1-17(15(20)14-6-7-16-18(14)2)10-12-9-13(21-11-12)5-3-4-8-19/h6-7,9,11,19H,4,8,10H2,1-2H3. The number of nitrogens with zero attached hydrogens (tertiary/aromatic N) is 3. The normalized spacial score (nSPS) is 10.0. The molecule has 1 amide bonds. The van der Waals surface area contributed by atoms with Crippen molar-refractivity contribution in [3.8, 4) is 11.8 Å². The Balaban J connectivity index is 2.00. The summed E-state index contributed by atoms with van der Waals surface area (Å²) < 4.78 is 1.57. The lowest BCUT2D eigenvalue weighted by Gasteiger charge is -2.16. The Hall–Kier alpha value is -2.10. The van der Waals surface area contributed by atoms with Crippen molar-refractivity contribution in [3.05, 3.63) is 39.8 Å². The first-order valence-electron chi connectivity index (χ1n) is 6.52. The molecule has 0 radical (unpaired) electrons. The monoisotopic (exact) mass is 303 g/mol. The van der Waals surface area contributed by atoms with Crippen molar-refractivity contribution < 1.29 is 9.90 Å². The highest BCUT2D eigenvalue weighted by atomic mass is 32.1. The summed E-state index contributed by atoms with van der Waals surface area (Å²) in [6.07, 6.45) is 2.09. The van der Waals surface area contributed by atoms with Gasteiger partial charge in [-0.2, -0.15) is 5.10 Å². The van der Waals surface area contributed by atoms with E-state index in [1.165, 1.54) is 0 Å². The predicted molar refractivity (Wildman–Crippen MR) is 81.9 cm³/mol. The van der Waals surface area contributed by atoms with Gasteiger partial charge >= 0.3 is 0 Å². The van der Waals surface area contributed by atoms with Crippen LogP contribution in [0.15, 0.2) is 23.7 Å². The van der Waals surface area contributed by atoms with Crippen LogP contribution in [0.3, 0.4) is 0 Å². The third kappa shape index (κ3) is 3.94. The highest BCUT2D eigenvalue weighted by Gasteiger charge is 2.15. The number of rotatable bonds is 4. The maximum atomic E-state index is 12.3. The number of aliphatic hydroxyl groups excluding tert-OH is 1. The molecule has 0 bridgehead atoms. The first-order chi connectivity index (χ1) is 10.1. The maximum absolute atomic E-state index is 12.3. The van der Waals surface area contributed by atoms with Crippen LogP contribution >= 0.6 is 11.3 Å². The molecule has 0 aliphatic heterocycles. The average Bonchev–Trinajstić information content (AvgIpc) is 3.07. The minimum Gasteiger partial charge on any atom is -0.395 e. The first-order valence-corrected chi connectivity index (χ1v) is 7.40. The smallest absolute Gasteiger partial charge is 0.272 e. The summed E-state index contributed by atoms with van der Waals surface area (Å²) in [4.78, 5) is 14.9. The number of amides is 1. The van der Waals surface area contributed by atoms with Crippen molar-refractivity contribution in [2.24, 2.45) is 7.05 Å². The summed E-state index contributed by atoms with van der Waals surface area (Å²) in [5.74, 6) is 5.82. The summed E-state index contributed by atoms with van der Waals surface area (Å²) in [7, 11) is 3.52. The molecule has 1 N–H and O–H groups in total. The molecule has 2 aromatic rings. The van der Waals surface area contributed by atoms with Crippen LogP contribution in [-0.4, -0.2) is 39.3 Å². The van der Waals surface area contributed by atoms with Gasteiger partial charge in [0.15, 0.2) is 0 Å². The lowest BCUT2D eigenvalue weighted by Crippen LogP contribution is -2.27. The van der Waals surface area contributed by atoms with Gasteiger partial charge in [0.1, 0.15) is 5.69 Å². The molecule has 2 heterocycles. The zero-order chi connectivity index (χ0) is 15.2. The van der Waals surface area contributed by atoms with Crippen LogP contribution in [0.4, 0.5) is 0 Å². The zero-order valence-corrected chi connectivity index (χ0v) is 12.9. The third-order valence-corrected chi connectivity index (χ3v) is 3.80. The second-order valence-corrected chi connectivity index (χ2v) is 5.51. The number of thiophene rings is 1. The van der Waals surface area contributed by atoms with E-state index in [0.29, 0.717) is 18.7 Å². The summed E-state index contributed by atoms with van der Waals surface area (Å²) in [6, 6.07) is 3.68. The Morgan fingerprint density at radius 2 is 2.38 bits per heavy atom. The highest BCUT2D eigenvalue weighted by molar-refractivity contribution is 7.10. The van der Waals surface area contributed by atoms with Gasteiger partial charge in [-0.25, -0.2) is 0 Å². The van der Waals surface area contributed by atoms with Crippen molar-refractivity contribution in [2.45, 2.75) is 13.0 Å². The maximum Gasteiger partial charge on any atom is 0.272 e. The molecule has 0 saturated carbocycles. The molecule has 0 spiro atoms. The van der Waals surface area contributed by atoms with E-state index < -0.39 is 0 Å². The lowest BCUT2D eigenvalue weighted by molar-refractivity contribution is 0.0774. The van der Waals surface area contributed by atoms with Gasteiger partial charge in [0, 0.05) is 33.3 Å². The summed E-state index contributed by atoms with van der Waals surface area (Å²) in [6.45, 7) is 0.607. The van der Waals surface area contributed by atoms with Crippen LogP contribution in [0.5, 0.6) is 0 Å². The van der Waals surface area contributed by atoms with E-state index in [-0.39, 0.29) is 12.5 Å². The SMILES string of the molecule is CN(Cc1csc(C#CCCO)c1)C(=O)c1ccnn1C. The van der Waals surface area contributed by atoms with Gasteiger partial charge < -0.3 is 10.0 Å². The number of carbonyl (C=O) groups excluding carboxylic acids is 1. The van der Waals surface area contributed by atoms with Crippen molar-refractivity contribution in [2.75, 3.05) is 13.7 Å². The van der Waals surface area contributed by atoms with Gasteiger partial charge in [0.05, 0.1) is 11.5 Å². The number of aromatic nitrogens is 2. The molecule has 6 heteroatoms. The zero-order valence-electron chi connectivity index (χ0n) is 12.0. The Kier molecular flexibility index (Phi) is 5.14. The molecule has 0 atom stereocenters. The van der Waals surface area contributed by atoms with Crippen LogP contribution in [0, 0.1) is 11.8 Å². The Morgan fingerprint density at radius 3 is 3.05 bits per heavy atom. The second-order valence-electron chi connectivity index (χ2n) is 4.60. The van der Waals surface area contributed by atoms with Gasteiger partial charge in [-0.3, -0.25) is 9.48 Å². The number of carbonyl (C=O) groups is 1. The van der Waals surface area contributed by atoms with Crippen molar-refractivity contribution in [1.82, 2.24) is 14.7 Å². The van der Waals surface area contributed by atoms with E-state index in [0.717, 1.165) is 10.4 Å². The number of hydrogen-bond acceptors (Lipinski definition) is 4. The van der Waals surface area contributed by atoms with E-state index in [1.54, 1.807) is 47.3 Å². The highest BCUT2D eigenvalue weighted by Crippen LogP contribution is 2.16. The van der Waals surface area contributed by atoms with E-state index >= 15 is 0 Å². The molecule has 0 unspecified atom stereocenters. The molecular weight excluding hydrogens is 286 g/mol. The third-order valence-electron chi connectivity index (χ3n) is 2.91. The molecule has 0 aromatic carbocycles. The number of aliphatic hydroxyl groups is 1. The molecule has 2 aromatic heterocycles. The van der Waals surface area contributed by atoms with Gasteiger partial charge in [0.25, 0.3) is 5.91 Å². The van der Waals surface area contributed by atoms with Crippen LogP contribution in [-0.2, 0) is 13.6 Å². The van der Waals surface area contributed by atoms with Crippen LogP contribution in [0.2, 0.25) is 0 Å². The number of aryl methyl sites for hydroxylation is 1. The molecule has 110 valence electrons. The topological polar surface area (TPSA) is 58.4 Å². The minimum absolute atomic E-state index is 0.0610. The van der Waals surface area contributed by atoms with Crippen molar-refractivity contribution in [3.63, 3.8) is 0 Å². The van der Waals surface area contributed by atoms with E-state index in [4.69, 9.17) is 5.11 Å². The lowest BCUT2D eigenvalue weighted by atomic mass is 10.2. The summed E-state index contributed by atoms with van der Waals surface area (Å²) in [5.41, 5.74) is 1.61. The Bertz CT molecular complexity index is 678. The van der Waals surface area contributed by atoms with Gasteiger partial charge in [0.2, 0.25) is 0 Å². The van der Waals surface area contributed by atoms with Gasteiger partial charge in [-0.15, -0.1) is 11.3 Å². The molecule has 2 rings (SSSR count). The summed E-state index contributed by atoms with van der Waals surface area (Å²) in [5, 5.41) is 14.7. The largest absolute Gasteiger partial charge is 0.395 e. The van der Waals surface area contributed by atoms with Gasteiger partial charge in [-0.1, -0.05) is 11.8 Å². The van der Waals surface area contributed by atoms with E-state index in [1.807, 2.05) is 11.4 Å². The average molecular weight is 303 g/mol. The van der Waals surface area contributed by atoms with E-state index in [9.17, 15) is 4.79 Å². The van der Waals surface area contributed by atoms with Crippen LogP contribution in [0.1, 0.15) is 27.3 Å². The molecular formula is C15H17N3O2S. The molecule has 21 heavy (non-hydrogen) atoms. The second kappa shape index (κ2) is 7.07. The van der Waals surface area contributed by atoms with E-state index in [2.05, 4.69) is 16.9 Å². The van der Waals surface area contributed by atoms with Crippen LogP contribution < -0.4 is 0 Å². The fraction of sp³-hybridized carbons (Fsp3) is 0.333. The number of hydrogen-bond donors (Lipinski definition) is 1. The predicted octanol–water partition coefficient (Wildman–Crippen LogP) is 1.49. The quantitative estimate of drug-likeness (QED) is 0.871. The molecule has 0 saturated heterocycles. The first kappa shape index (κ1) is 15.3. The minimum atomic E-state index is -0.0610. The summed E-state index contributed by atoms with van der Waals surface area (Å²) >= 11 is 1.54. The van der Waals surface area contributed by atoms with Crippen LogP contribution in [0.25, 0.3) is 0 Å². The molecule has 5 nitrogen and oxygen atoms in total. The van der Waals surface area contributed by atoms with Gasteiger partial charge in [-0.05, 0) is 23.1 Å². The Labute approximate surface area is 127 Å².